The van der Waals surface area contributed by atoms with Gasteiger partial charge in [-0.3, -0.25) is 9.79 Å². The van der Waals surface area contributed by atoms with E-state index in [1.807, 2.05) is 23.1 Å². The average molecular weight is 539 g/mol. The van der Waals surface area contributed by atoms with Gasteiger partial charge in [0.15, 0.2) is 5.96 Å². The van der Waals surface area contributed by atoms with E-state index in [0.717, 1.165) is 70.4 Å². The van der Waals surface area contributed by atoms with Crippen LogP contribution >= 0.6 is 24.0 Å². The number of carbonyl (C=O) groups is 1. The van der Waals surface area contributed by atoms with Crippen LogP contribution in [-0.2, 0) is 11.2 Å². The van der Waals surface area contributed by atoms with Crippen molar-refractivity contribution < 1.29 is 9.21 Å². The van der Waals surface area contributed by atoms with Crippen molar-refractivity contribution in [2.24, 2.45) is 4.99 Å². The number of para-hydroxylation sites is 1. The van der Waals surface area contributed by atoms with Crippen LogP contribution in [0.1, 0.15) is 19.1 Å². The smallest absolute Gasteiger partial charge is 0.219 e. The van der Waals surface area contributed by atoms with Crippen LogP contribution < -0.4 is 10.2 Å². The molecule has 31 heavy (non-hydrogen) atoms. The van der Waals surface area contributed by atoms with Crippen molar-refractivity contribution in [1.82, 2.24) is 15.1 Å². The third-order valence-corrected chi connectivity index (χ3v) is 5.37. The summed E-state index contributed by atoms with van der Waals surface area (Å²) in [5.41, 5.74) is 1.22. The maximum atomic E-state index is 11.6. The number of hydrogen-bond acceptors (Lipinski definition) is 4. The second-order valence-electron chi connectivity index (χ2n) is 7.57. The minimum atomic E-state index is 0. The minimum Gasteiger partial charge on any atom is -0.469 e. The Labute approximate surface area is 202 Å². The molecule has 1 aliphatic heterocycles. The predicted octanol–water partition coefficient (Wildman–Crippen LogP) is 3.08. The summed E-state index contributed by atoms with van der Waals surface area (Å²) in [6.07, 6.45) is 3.49. The molecule has 1 aliphatic rings. The number of hydrogen-bond donors (Lipinski definition) is 1. The molecule has 1 amide bonds. The van der Waals surface area contributed by atoms with Gasteiger partial charge in [0.25, 0.3) is 0 Å². The average Bonchev–Trinajstić information content (AvgIpc) is 3.29. The maximum absolute atomic E-state index is 11.6. The number of benzene rings is 1. The molecule has 0 bridgehead atoms. The lowest BCUT2D eigenvalue weighted by atomic mass is 10.3. The van der Waals surface area contributed by atoms with E-state index in [9.17, 15) is 4.79 Å². The molecule has 1 N–H and O–H groups in total. The van der Waals surface area contributed by atoms with Crippen molar-refractivity contribution in [2.45, 2.75) is 19.8 Å². The van der Waals surface area contributed by atoms with Crippen molar-refractivity contribution >= 4 is 41.5 Å². The first-order chi connectivity index (χ1) is 14.6. The summed E-state index contributed by atoms with van der Waals surface area (Å²) < 4.78 is 5.42. The summed E-state index contributed by atoms with van der Waals surface area (Å²) in [7, 11) is 2.11. The first kappa shape index (κ1) is 25.0. The van der Waals surface area contributed by atoms with Crippen LogP contribution in [0.4, 0.5) is 5.69 Å². The number of rotatable bonds is 8. The zero-order valence-electron chi connectivity index (χ0n) is 18.5. The molecule has 1 fully saturated rings. The number of amides is 1. The summed E-state index contributed by atoms with van der Waals surface area (Å²) in [6, 6.07) is 14.3. The molecule has 170 valence electrons. The molecule has 1 saturated heterocycles. The summed E-state index contributed by atoms with van der Waals surface area (Å²) in [4.78, 5) is 22.9. The number of halogens is 1. The first-order valence-corrected chi connectivity index (χ1v) is 10.7. The Morgan fingerprint density at radius 3 is 2.45 bits per heavy atom. The number of anilines is 1. The largest absolute Gasteiger partial charge is 0.469 e. The van der Waals surface area contributed by atoms with Crippen LogP contribution in [0, 0.1) is 0 Å². The molecule has 0 saturated carbocycles. The normalized spacial score (nSPS) is 14.2. The lowest BCUT2D eigenvalue weighted by molar-refractivity contribution is -0.130. The fourth-order valence-corrected chi connectivity index (χ4v) is 3.56. The van der Waals surface area contributed by atoms with Gasteiger partial charge in [0.1, 0.15) is 5.76 Å². The molecule has 8 heteroatoms. The Morgan fingerprint density at radius 1 is 1.10 bits per heavy atom. The standard InChI is InChI=1S/C23H33N5O2.HI/c1-20(29)27-15-17-28(18-16-27)23(25-13-11-22-10-6-19-30-22)24-12-7-14-26(2)21-8-4-3-5-9-21;/h3-6,8-10,19H,7,11-18H2,1-2H3,(H,24,25);1H. The summed E-state index contributed by atoms with van der Waals surface area (Å²) >= 11 is 0. The topological polar surface area (TPSA) is 64.3 Å². The first-order valence-electron chi connectivity index (χ1n) is 10.7. The van der Waals surface area contributed by atoms with Crippen LogP contribution in [0.25, 0.3) is 0 Å². The third kappa shape index (κ3) is 8.08. The van der Waals surface area contributed by atoms with Gasteiger partial charge in [-0.05, 0) is 30.7 Å². The van der Waals surface area contributed by atoms with E-state index in [1.54, 1.807) is 13.2 Å². The number of nitrogens with zero attached hydrogens (tertiary/aromatic N) is 4. The predicted molar refractivity (Wildman–Crippen MR) is 136 cm³/mol. The molecule has 0 spiro atoms. The van der Waals surface area contributed by atoms with Crippen LogP contribution in [-0.4, -0.2) is 74.5 Å². The molecule has 1 aromatic heterocycles. The highest BCUT2D eigenvalue weighted by Gasteiger charge is 2.21. The fraction of sp³-hybridized carbons (Fsp3) is 0.478. The van der Waals surface area contributed by atoms with Gasteiger partial charge in [0, 0.05) is 71.9 Å². The second-order valence-corrected chi connectivity index (χ2v) is 7.57. The van der Waals surface area contributed by atoms with Crippen LogP contribution in [0.5, 0.6) is 0 Å². The van der Waals surface area contributed by atoms with E-state index in [0.29, 0.717) is 0 Å². The van der Waals surface area contributed by atoms with Gasteiger partial charge < -0.3 is 24.4 Å². The van der Waals surface area contributed by atoms with Crippen molar-refractivity contribution in [1.29, 1.82) is 0 Å². The Bertz CT molecular complexity index is 790. The fourth-order valence-electron chi connectivity index (χ4n) is 3.56. The van der Waals surface area contributed by atoms with E-state index >= 15 is 0 Å². The third-order valence-electron chi connectivity index (χ3n) is 5.37. The SMILES string of the molecule is CC(=O)N1CCN(C(=NCCCN(C)c2ccccc2)NCCc2ccco2)CC1.I. The number of carbonyl (C=O) groups excluding carboxylic acids is 1. The molecule has 7 nitrogen and oxygen atoms in total. The van der Waals surface area contributed by atoms with Gasteiger partial charge in [-0.25, -0.2) is 0 Å². The van der Waals surface area contributed by atoms with Crippen LogP contribution in [0.3, 0.4) is 0 Å². The summed E-state index contributed by atoms with van der Waals surface area (Å²) in [5.74, 6) is 2.03. The quantitative estimate of drug-likeness (QED) is 0.242. The zero-order chi connectivity index (χ0) is 21.2. The van der Waals surface area contributed by atoms with Gasteiger partial charge in [-0.2, -0.15) is 0 Å². The Morgan fingerprint density at radius 2 is 1.81 bits per heavy atom. The molecule has 0 aliphatic carbocycles. The van der Waals surface area contributed by atoms with E-state index < -0.39 is 0 Å². The van der Waals surface area contributed by atoms with Gasteiger partial charge in [0.2, 0.25) is 5.91 Å². The molecule has 0 radical (unpaired) electrons. The number of furan rings is 1. The van der Waals surface area contributed by atoms with Crippen molar-refractivity contribution in [3.63, 3.8) is 0 Å². The lowest BCUT2D eigenvalue weighted by Crippen LogP contribution is -2.53. The number of nitrogens with one attached hydrogen (secondary N) is 1. The molecular formula is C23H34IN5O2. The Balaban J connectivity index is 0.00000341. The number of aliphatic imine (C=N–C) groups is 1. The number of piperazine rings is 1. The minimum absolute atomic E-state index is 0. The highest BCUT2D eigenvalue weighted by atomic mass is 127. The molecule has 2 aromatic rings. The van der Waals surface area contributed by atoms with Gasteiger partial charge in [-0.1, -0.05) is 18.2 Å². The lowest BCUT2D eigenvalue weighted by Gasteiger charge is -2.36. The van der Waals surface area contributed by atoms with E-state index in [2.05, 4.69) is 46.4 Å². The van der Waals surface area contributed by atoms with Gasteiger partial charge in [-0.15, -0.1) is 24.0 Å². The summed E-state index contributed by atoms with van der Waals surface area (Å²) in [5, 5.41) is 3.49. The molecule has 0 atom stereocenters. The molecule has 2 heterocycles. The second kappa shape index (κ2) is 13.2. The van der Waals surface area contributed by atoms with E-state index in [4.69, 9.17) is 9.41 Å². The maximum Gasteiger partial charge on any atom is 0.219 e. The molecule has 0 unspecified atom stereocenters. The monoisotopic (exact) mass is 539 g/mol. The Hall–Kier alpha value is -2.23. The zero-order valence-corrected chi connectivity index (χ0v) is 20.8. The van der Waals surface area contributed by atoms with Crippen LogP contribution in [0.2, 0.25) is 0 Å². The molecule has 3 rings (SSSR count). The Kier molecular flexibility index (Phi) is 10.7. The molecule has 1 aromatic carbocycles. The molecular weight excluding hydrogens is 505 g/mol. The van der Waals surface area contributed by atoms with Crippen molar-refractivity contribution in [2.75, 3.05) is 57.8 Å². The highest BCUT2D eigenvalue weighted by molar-refractivity contribution is 14.0. The van der Waals surface area contributed by atoms with Crippen molar-refractivity contribution in [3.8, 4) is 0 Å². The van der Waals surface area contributed by atoms with Crippen LogP contribution in [0.15, 0.2) is 58.1 Å². The van der Waals surface area contributed by atoms with E-state index in [-0.39, 0.29) is 29.9 Å². The van der Waals surface area contributed by atoms with Gasteiger partial charge in [0.05, 0.1) is 6.26 Å². The highest BCUT2D eigenvalue weighted by Crippen LogP contribution is 2.11. The van der Waals surface area contributed by atoms with Gasteiger partial charge >= 0.3 is 0 Å². The summed E-state index contributed by atoms with van der Waals surface area (Å²) in [6.45, 7) is 7.19. The van der Waals surface area contributed by atoms with Crippen molar-refractivity contribution in [3.05, 3.63) is 54.5 Å². The number of guanidine groups is 1. The van der Waals surface area contributed by atoms with E-state index in [1.165, 1.54) is 5.69 Å².